The number of benzene rings is 2. The SMILES string of the molecule is O=C(O)CNC(=O)c1ccc(C(=O)NS(=O)(=O)c2ccc(C(=O)NCCc3ccccc3)cc2)cn1. The minimum atomic E-state index is -4.25. The lowest BCUT2D eigenvalue weighted by Gasteiger charge is -2.09. The van der Waals surface area contributed by atoms with E-state index >= 15 is 0 Å². The second-order valence-electron chi connectivity index (χ2n) is 7.46. The Morgan fingerprint density at radius 1 is 0.778 bits per heavy atom. The van der Waals surface area contributed by atoms with E-state index in [1.54, 1.807) is 0 Å². The first kappa shape index (κ1) is 26.0. The second-order valence-corrected chi connectivity index (χ2v) is 9.14. The van der Waals surface area contributed by atoms with Gasteiger partial charge in [-0.05, 0) is 48.4 Å². The largest absolute Gasteiger partial charge is 0.480 e. The van der Waals surface area contributed by atoms with Crippen LogP contribution in [-0.4, -0.2) is 55.3 Å². The number of amides is 3. The summed E-state index contributed by atoms with van der Waals surface area (Å²) in [5, 5.41) is 13.5. The zero-order chi connectivity index (χ0) is 26.1. The van der Waals surface area contributed by atoms with Crippen molar-refractivity contribution in [1.82, 2.24) is 20.3 Å². The van der Waals surface area contributed by atoms with E-state index in [2.05, 4.69) is 15.6 Å². The van der Waals surface area contributed by atoms with Gasteiger partial charge >= 0.3 is 5.97 Å². The third kappa shape index (κ3) is 7.21. The Morgan fingerprint density at radius 3 is 2.06 bits per heavy atom. The van der Waals surface area contributed by atoms with Crippen LogP contribution in [0.2, 0.25) is 0 Å². The zero-order valence-electron chi connectivity index (χ0n) is 18.8. The number of aromatic nitrogens is 1. The van der Waals surface area contributed by atoms with Crippen molar-refractivity contribution < 1.29 is 32.7 Å². The predicted molar refractivity (Wildman–Crippen MR) is 128 cm³/mol. The van der Waals surface area contributed by atoms with Crippen LogP contribution in [0.3, 0.4) is 0 Å². The van der Waals surface area contributed by atoms with Gasteiger partial charge in [-0.3, -0.25) is 24.2 Å². The highest BCUT2D eigenvalue weighted by Crippen LogP contribution is 2.12. The van der Waals surface area contributed by atoms with E-state index in [1.807, 2.05) is 35.1 Å². The van der Waals surface area contributed by atoms with Crippen LogP contribution in [0.4, 0.5) is 0 Å². The second kappa shape index (κ2) is 11.7. The zero-order valence-corrected chi connectivity index (χ0v) is 19.6. The standard InChI is InChI=1S/C24H22N4O7S/c29-21(30)15-27-24(33)20-11-8-18(14-26-20)23(32)28-36(34,35)19-9-6-17(7-10-19)22(31)25-13-12-16-4-2-1-3-5-16/h1-11,14H,12-13,15H2,(H,25,31)(H,27,33)(H,28,32)(H,29,30). The van der Waals surface area contributed by atoms with E-state index in [-0.39, 0.29) is 27.6 Å². The molecule has 0 unspecified atom stereocenters. The predicted octanol–water partition coefficient (Wildman–Crippen LogP) is 0.987. The van der Waals surface area contributed by atoms with Crippen molar-refractivity contribution in [1.29, 1.82) is 0 Å². The van der Waals surface area contributed by atoms with E-state index in [9.17, 15) is 27.6 Å². The molecule has 1 aromatic heterocycles. The average molecular weight is 511 g/mol. The molecule has 4 N–H and O–H groups in total. The number of sulfonamides is 1. The first-order valence-electron chi connectivity index (χ1n) is 10.6. The van der Waals surface area contributed by atoms with Crippen LogP contribution in [0.5, 0.6) is 0 Å². The van der Waals surface area contributed by atoms with Crippen molar-refractivity contribution in [3.63, 3.8) is 0 Å². The van der Waals surface area contributed by atoms with Crippen LogP contribution in [0.1, 0.15) is 36.8 Å². The number of rotatable bonds is 10. The Labute approximate surface area is 206 Å². The molecule has 2 aromatic carbocycles. The van der Waals surface area contributed by atoms with E-state index in [0.717, 1.165) is 17.8 Å². The van der Waals surface area contributed by atoms with Crippen LogP contribution < -0.4 is 15.4 Å². The summed E-state index contributed by atoms with van der Waals surface area (Å²) in [7, 11) is -4.25. The number of carboxylic acids is 1. The van der Waals surface area contributed by atoms with Crippen molar-refractivity contribution >= 4 is 33.7 Å². The van der Waals surface area contributed by atoms with Gasteiger partial charge < -0.3 is 15.7 Å². The van der Waals surface area contributed by atoms with Crippen molar-refractivity contribution in [2.75, 3.05) is 13.1 Å². The monoisotopic (exact) mass is 510 g/mol. The molecule has 0 saturated heterocycles. The van der Waals surface area contributed by atoms with Gasteiger partial charge in [0.15, 0.2) is 0 Å². The minimum Gasteiger partial charge on any atom is -0.480 e. The fourth-order valence-corrected chi connectivity index (χ4v) is 3.98. The molecule has 12 heteroatoms. The molecular formula is C24H22N4O7S. The highest BCUT2D eigenvalue weighted by molar-refractivity contribution is 7.90. The number of nitrogens with one attached hydrogen (secondary N) is 3. The van der Waals surface area contributed by atoms with Gasteiger partial charge in [-0.1, -0.05) is 30.3 Å². The van der Waals surface area contributed by atoms with Crippen LogP contribution in [0.15, 0.2) is 77.8 Å². The summed E-state index contributed by atoms with van der Waals surface area (Å²) in [6.07, 6.45) is 1.64. The normalized spacial score (nSPS) is 10.8. The number of carbonyl (C=O) groups excluding carboxylic acids is 3. The van der Waals surface area contributed by atoms with Crippen LogP contribution >= 0.6 is 0 Å². The average Bonchev–Trinajstić information content (AvgIpc) is 2.87. The summed E-state index contributed by atoms with van der Waals surface area (Å²) in [6.45, 7) is -0.192. The molecule has 0 bridgehead atoms. The lowest BCUT2D eigenvalue weighted by Crippen LogP contribution is -2.31. The van der Waals surface area contributed by atoms with Gasteiger partial charge in [-0.25, -0.2) is 13.1 Å². The molecule has 0 radical (unpaired) electrons. The highest BCUT2D eigenvalue weighted by Gasteiger charge is 2.20. The topological polar surface area (TPSA) is 172 Å². The number of hydrogen-bond acceptors (Lipinski definition) is 7. The van der Waals surface area contributed by atoms with Crippen molar-refractivity contribution in [2.45, 2.75) is 11.3 Å². The summed E-state index contributed by atoms with van der Waals surface area (Å²) in [5.41, 5.74) is 1.05. The first-order chi connectivity index (χ1) is 17.2. The summed E-state index contributed by atoms with van der Waals surface area (Å²) in [6, 6.07) is 17.0. The molecule has 186 valence electrons. The fourth-order valence-electron chi connectivity index (χ4n) is 3.00. The molecule has 3 amide bonds. The van der Waals surface area contributed by atoms with Crippen molar-refractivity contribution in [3.05, 3.63) is 95.3 Å². The molecule has 0 atom stereocenters. The molecule has 36 heavy (non-hydrogen) atoms. The number of nitrogens with zero attached hydrogens (tertiary/aromatic N) is 1. The molecular weight excluding hydrogens is 488 g/mol. The van der Waals surface area contributed by atoms with Gasteiger partial charge in [-0.15, -0.1) is 0 Å². The third-order valence-corrected chi connectivity index (χ3v) is 6.20. The summed E-state index contributed by atoms with van der Waals surface area (Å²) < 4.78 is 27.0. The van der Waals surface area contributed by atoms with E-state index < -0.39 is 34.4 Å². The molecule has 3 aromatic rings. The van der Waals surface area contributed by atoms with Crippen LogP contribution in [-0.2, 0) is 21.2 Å². The van der Waals surface area contributed by atoms with Gasteiger partial charge in [0, 0.05) is 18.3 Å². The summed E-state index contributed by atoms with van der Waals surface area (Å²) in [4.78, 5) is 50.5. The van der Waals surface area contributed by atoms with Crippen molar-refractivity contribution in [2.24, 2.45) is 0 Å². The van der Waals surface area contributed by atoms with Gasteiger partial charge in [0.1, 0.15) is 12.2 Å². The Kier molecular flexibility index (Phi) is 8.47. The number of hydrogen-bond donors (Lipinski definition) is 4. The Bertz CT molecular complexity index is 1360. The fraction of sp³-hybridized carbons (Fsp3) is 0.125. The molecule has 0 aliphatic carbocycles. The van der Waals surface area contributed by atoms with E-state index in [4.69, 9.17) is 5.11 Å². The molecule has 0 fully saturated rings. The van der Waals surface area contributed by atoms with Gasteiger partial charge in [0.25, 0.3) is 27.7 Å². The summed E-state index contributed by atoms with van der Waals surface area (Å²) >= 11 is 0. The Morgan fingerprint density at radius 2 is 1.44 bits per heavy atom. The van der Waals surface area contributed by atoms with E-state index in [0.29, 0.717) is 13.0 Å². The third-order valence-electron chi connectivity index (χ3n) is 4.85. The lowest BCUT2D eigenvalue weighted by molar-refractivity contribution is -0.135. The molecule has 11 nitrogen and oxygen atoms in total. The highest BCUT2D eigenvalue weighted by atomic mass is 32.2. The van der Waals surface area contributed by atoms with Gasteiger partial charge in [0.05, 0.1) is 10.5 Å². The van der Waals surface area contributed by atoms with Crippen LogP contribution in [0.25, 0.3) is 0 Å². The van der Waals surface area contributed by atoms with Crippen molar-refractivity contribution in [3.8, 4) is 0 Å². The number of pyridine rings is 1. The maximum Gasteiger partial charge on any atom is 0.322 e. The number of carbonyl (C=O) groups is 4. The minimum absolute atomic E-state index is 0.136. The quantitative estimate of drug-likeness (QED) is 0.313. The molecule has 1 heterocycles. The van der Waals surface area contributed by atoms with Gasteiger partial charge in [-0.2, -0.15) is 0 Å². The van der Waals surface area contributed by atoms with Crippen LogP contribution in [0, 0.1) is 0 Å². The molecule has 0 aliphatic heterocycles. The smallest absolute Gasteiger partial charge is 0.322 e. The maximum absolute atomic E-state index is 12.6. The molecule has 0 spiro atoms. The Balaban J connectivity index is 1.57. The first-order valence-corrected chi connectivity index (χ1v) is 12.1. The molecule has 0 saturated carbocycles. The Hall–Kier alpha value is -4.58. The number of carboxylic acid groups (broad SMARTS) is 1. The lowest BCUT2D eigenvalue weighted by atomic mass is 10.1. The molecule has 0 aliphatic rings. The maximum atomic E-state index is 12.6. The molecule has 3 rings (SSSR count). The number of aliphatic carboxylic acids is 1. The van der Waals surface area contributed by atoms with E-state index in [1.165, 1.54) is 30.3 Å². The summed E-state index contributed by atoms with van der Waals surface area (Å²) in [5.74, 6) is -3.34. The van der Waals surface area contributed by atoms with Gasteiger partial charge in [0.2, 0.25) is 0 Å².